The van der Waals surface area contributed by atoms with Crippen LogP contribution in [-0.4, -0.2) is 23.2 Å². The number of ether oxygens (including phenoxy) is 1. The van der Waals surface area contributed by atoms with E-state index in [0.29, 0.717) is 6.54 Å². The lowest BCUT2D eigenvalue weighted by Crippen LogP contribution is -2.32. The zero-order valence-corrected chi connectivity index (χ0v) is 13.0. The Morgan fingerprint density at radius 3 is 2.86 bits per heavy atom. The van der Waals surface area contributed by atoms with Crippen LogP contribution in [0.5, 0.6) is 0 Å². The highest BCUT2D eigenvalue weighted by Gasteiger charge is 2.14. The Kier molecular flexibility index (Phi) is 4.36. The first kappa shape index (κ1) is 15.2. The summed E-state index contributed by atoms with van der Waals surface area (Å²) in [6, 6.07) is 6.31. The van der Waals surface area contributed by atoms with Crippen molar-refractivity contribution in [2.24, 2.45) is 0 Å². The standard InChI is InChI=1S/C17H22N2O2/c1-12-7-8-14-13(11-19-15(14)10-12)6-5-9-18-16(20)21-17(2,3)4/h5-8,10-11,19H,9H2,1-4H3,(H,18,20). The largest absolute Gasteiger partial charge is 0.444 e. The van der Waals surface area contributed by atoms with E-state index in [0.717, 1.165) is 11.1 Å². The van der Waals surface area contributed by atoms with Crippen molar-refractivity contribution in [3.63, 3.8) is 0 Å². The predicted molar refractivity (Wildman–Crippen MR) is 86.3 cm³/mol. The highest BCUT2D eigenvalue weighted by Crippen LogP contribution is 2.20. The molecule has 2 N–H and O–H groups in total. The first-order valence-electron chi connectivity index (χ1n) is 7.06. The molecule has 21 heavy (non-hydrogen) atoms. The van der Waals surface area contributed by atoms with Crippen LogP contribution >= 0.6 is 0 Å². The lowest BCUT2D eigenvalue weighted by molar-refractivity contribution is 0.0534. The van der Waals surface area contributed by atoms with Gasteiger partial charge in [0.05, 0.1) is 0 Å². The summed E-state index contributed by atoms with van der Waals surface area (Å²) in [4.78, 5) is 14.7. The number of rotatable bonds is 3. The Balaban J connectivity index is 1.93. The average Bonchev–Trinajstić information content (AvgIpc) is 2.75. The molecule has 0 radical (unpaired) electrons. The van der Waals surface area contributed by atoms with Gasteiger partial charge in [-0.15, -0.1) is 0 Å². The van der Waals surface area contributed by atoms with Gasteiger partial charge in [-0.25, -0.2) is 4.79 Å². The molecule has 1 aromatic heterocycles. The molecule has 4 nitrogen and oxygen atoms in total. The van der Waals surface area contributed by atoms with E-state index in [2.05, 4.69) is 35.4 Å². The molecule has 4 heteroatoms. The minimum absolute atomic E-state index is 0.401. The smallest absolute Gasteiger partial charge is 0.407 e. The molecule has 0 saturated carbocycles. The third kappa shape index (κ3) is 4.38. The number of nitrogens with one attached hydrogen (secondary N) is 2. The van der Waals surface area contributed by atoms with Crippen molar-refractivity contribution in [2.45, 2.75) is 33.3 Å². The van der Waals surface area contributed by atoms with Gasteiger partial charge in [0.15, 0.2) is 0 Å². The summed E-state index contributed by atoms with van der Waals surface area (Å²) in [5, 5.41) is 3.88. The van der Waals surface area contributed by atoms with Crippen LogP contribution in [-0.2, 0) is 4.74 Å². The molecule has 1 amide bonds. The second kappa shape index (κ2) is 6.04. The van der Waals surface area contributed by atoms with Crippen molar-refractivity contribution in [2.75, 3.05) is 6.54 Å². The van der Waals surface area contributed by atoms with E-state index in [1.165, 1.54) is 10.9 Å². The first-order valence-corrected chi connectivity index (χ1v) is 7.06. The number of H-pyrrole nitrogens is 1. The number of aryl methyl sites for hydroxylation is 1. The van der Waals surface area contributed by atoms with Crippen molar-refractivity contribution >= 4 is 23.1 Å². The molecule has 0 bridgehead atoms. The summed E-state index contributed by atoms with van der Waals surface area (Å²) < 4.78 is 5.17. The van der Waals surface area contributed by atoms with Crippen LogP contribution in [0.15, 0.2) is 30.5 Å². The van der Waals surface area contributed by atoms with Crippen LogP contribution in [0.1, 0.15) is 31.9 Å². The topological polar surface area (TPSA) is 54.1 Å². The first-order chi connectivity index (χ1) is 9.85. The van der Waals surface area contributed by atoms with Crippen molar-refractivity contribution in [3.05, 3.63) is 41.6 Å². The maximum absolute atomic E-state index is 11.5. The Morgan fingerprint density at radius 1 is 1.38 bits per heavy atom. The maximum atomic E-state index is 11.5. The van der Waals surface area contributed by atoms with Crippen molar-refractivity contribution in [3.8, 4) is 0 Å². The number of fused-ring (bicyclic) bond motifs is 1. The minimum Gasteiger partial charge on any atom is -0.444 e. The van der Waals surface area contributed by atoms with Gasteiger partial charge in [-0.1, -0.05) is 24.3 Å². The molecule has 0 saturated heterocycles. The number of carbonyl (C=O) groups is 1. The Labute approximate surface area is 125 Å². The summed E-state index contributed by atoms with van der Waals surface area (Å²) in [6.07, 6.45) is 5.47. The number of amides is 1. The Hall–Kier alpha value is -2.23. The fourth-order valence-corrected chi connectivity index (χ4v) is 2.04. The molecular weight excluding hydrogens is 264 g/mol. The predicted octanol–water partition coefficient (Wildman–Crippen LogP) is 4.01. The summed E-state index contributed by atoms with van der Waals surface area (Å²) in [7, 11) is 0. The molecule has 1 aromatic carbocycles. The van der Waals surface area contributed by atoms with E-state index >= 15 is 0 Å². The van der Waals surface area contributed by atoms with Gasteiger partial charge in [-0.3, -0.25) is 0 Å². The lowest BCUT2D eigenvalue weighted by Gasteiger charge is -2.19. The van der Waals surface area contributed by atoms with Gasteiger partial charge in [0.25, 0.3) is 0 Å². The lowest BCUT2D eigenvalue weighted by atomic mass is 10.1. The third-order valence-corrected chi connectivity index (χ3v) is 2.93. The van der Waals surface area contributed by atoms with Gasteiger partial charge < -0.3 is 15.0 Å². The fourth-order valence-electron chi connectivity index (χ4n) is 2.04. The summed E-state index contributed by atoms with van der Waals surface area (Å²) in [6.45, 7) is 8.04. The molecule has 112 valence electrons. The van der Waals surface area contributed by atoms with Crippen molar-refractivity contribution in [1.29, 1.82) is 0 Å². The van der Waals surface area contributed by atoms with E-state index in [1.807, 2.05) is 39.1 Å². The molecule has 0 spiro atoms. The van der Waals surface area contributed by atoms with Crippen molar-refractivity contribution < 1.29 is 9.53 Å². The quantitative estimate of drug-likeness (QED) is 0.895. The molecule has 0 aliphatic rings. The summed E-state index contributed by atoms with van der Waals surface area (Å²) >= 11 is 0. The molecule has 0 fully saturated rings. The van der Waals surface area contributed by atoms with Gasteiger partial charge in [0, 0.05) is 23.6 Å². The Bertz CT molecular complexity index is 663. The van der Waals surface area contributed by atoms with E-state index in [1.54, 1.807) is 0 Å². The molecule has 0 unspecified atom stereocenters. The number of hydrogen-bond donors (Lipinski definition) is 2. The summed E-state index contributed by atoms with van der Waals surface area (Å²) in [5.74, 6) is 0. The van der Waals surface area contributed by atoms with Crippen LogP contribution in [0.3, 0.4) is 0 Å². The molecule has 0 aliphatic carbocycles. The van der Waals surface area contributed by atoms with Gasteiger partial charge in [-0.05, 0) is 44.9 Å². The molecule has 2 aromatic rings. The molecule has 2 rings (SSSR count). The molecule has 0 aliphatic heterocycles. The second-order valence-electron chi connectivity index (χ2n) is 6.08. The van der Waals surface area contributed by atoms with E-state index < -0.39 is 11.7 Å². The zero-order chi connectivity index (χ0) is 15.5. The number of carbonyl (C=O) groups excluding carboxylic acids is 1. The maximum Gasteiger partial charge on any atom is 0.407 e. The van der Waals surface area contributed by atoms with Crippen LogP contribution in [0, 0.1) is 6.92 Å². The highest BCUT2D eigenvalue weighted by atomic mass is 16.6. The number of aromatic amines is 1. The fraction of sp³-hybridized carbons (Fsp3) is 0.353. The number of hydrogen-bond acceptors (Lipinski definition) is 2. The number of alkyl carbamates (subject to hydrolysis) is 1. The van der Waals surface area contributed by atoms with E-state index in [4.69, 9.17) is 4.74 Å². The SMILES string of the molecule is Cc1ccc2c(C=CCNC(=O)OC(C)(C)C)c[nH]c2c1. The van der Waals surface area contributed by atoms with Crippen LogP contribution in [0.4, 0.5) is 4.79 Å². The van der Waals surface area contributed by atoms with E-state index in [-0.39, 0.29) is 0 Å². The number of benzene rings is 1. The third-order valence-electron chi connectivity index (χ3n) is 2.93. The van der Waals surface area contributed by atoms with Gasteiger partial charge >= 0.3 is 6.09 Å². The van der Waals surface area contributed by atoms with Gasteiger partial charge in [0.2, 0.25) is 0 Å². The zero-order valence-electron chi connectivity index (χ0n) is 13.0. The normalized spacial score (nSPS) is 12.0. The monoisotopic (exact) mass is 286 g/mol. The molecule has 1 heterocycles. The Morgan fingerprint density at radius 2 is 2.14 bits per heavy atom. The van der Waals surface area contributed by atoms with Crippen molar-refractivity contribution in [1.82, 2.24) is 10.3 Å². The molecule has 0 atom stereocenters. The van der Waals surface area contributed by atoms with E-state index in [9.17, 15) is 4.79 Å². The van der Waals surface area contributed by atoms with Crippen LogP contribution in [0.25, 0.3) is 17.0 Å². The number of aromatic nitrogens is 1. The van der Waals surface area contributed by atoms with Crippen LogP contribution < -0.4 is 5.32 Å². The van der Waals surface area contributed by atoms with Crippen LogP contribution in [0.2, 0.25) is 0 Å². The average molecular weight is 286 g/mol. The highest BCUT2D eigenvalue weighted by molar-refractivity contribution is 5.89. The minimum atomic E-state index is -0.470. The van der Waals surface area contributed by atoms with Gasteiger partial charge in [0.1, 0.15) is 5.60 Å². The second-order valence-corrected chi connectivity index (χ2v) is 6.08. The van der Waals surface area contributed by atoms with Gasteiger partial charge in [-0.2, -0.15) is 0 Å². The molecular formula is C17H22N2O2. The summed E-state index contributed by atoms with van der Waals surface area (Å²) in [5.41, 5.74) is 2.99.